The minimum absolute atomic E-state index is 0.00488. The summed E-state index contributed by atoms with van der Waals surface area (Å²) in [6.45, 7) is 11.9. The molecule has 13 heteroatoms. The Labute approximate surface area is 297 Å². The van der Waals surface area contributed by atoms with Gasteiger partial charge < -0.3 is 34.3 Å². The van der Waals surface area contributed by atoms with Crippen LogP contribution in [0.15, 0.2) is 74.9 Å². The van der Waals surface area contributed by atoms with Gasteiger partial charge in [-0.25, -0.2) is 14.4 Å². The van der Waals surface area contributed by atoms with Gasteiger partial charge in [0.25, 0.3) is 0 Å². The molecule has 264 valence electrons. The molecule has 1 atom stereocenters. The van der Waals surface area contributed by atoms with Gasteiger partial charge in [0.1, 0.15) is 51.6 Å². The maximum absolute atomic E-state index is 13.5. The summed E-state index contributed by atoms with van der Waals surface area (Å²) in [6, 6.07) is 4.14. The maximum atomic E-state index is 13.5. The number of phenols is 1. The predicted octanol–water partition coefficient (Wildman–Crippen LogP) is 7.07. The molecular formula is C37H37BrO12. The second-order valence-corrected chi connectivity index (χ2v) is 12.1. The molecule has 0 heterocycles. The number of benzene rings is 2. The first-order valence-electron chi connectivity index (χ1n) is 15.0. The number of carbonyl (C=O) groups excluding carboxylic acids is 4. The standard InChI is InChI=1S/C37H37BrO12/c1-16-10-24(40)14-27(47-9)30(16)35(44)50-28(15-38)20(5)21(6)32(23(8)39)37(46)49-26-13-19(4)31(33(41)22(26)7)36(45)48-25-11-17(2)29(34(42)43)18(3)12-25/h10-15,30,39,41H,1-9H3,(H,42,43)/b21-20-,28-15-,32-23-. The molecule has 12 nitrogen and oxygen atoms in total. The molecule has 50 heavy (non-hydrogen) atoms. The first-order valence-corrected chi connectivity index (χ1v) is 16.0. The van der Waals surface area contributed by atoms with E-state index in [1.54, 1.807) is 27.7 Å². The molecule has 0 spiro atoms. The lowest BCUT2D eigenvalue weighted by Crippen LogP contribution is -2.25. The monoisotopic (exact) mass is 752 g/mol. The summed E-state index contributed by atoms with van der Waals surface area (Å²) >= 11 is 3.18. The first-order chi connectivity index (χ1) is 23.3. The summed E-state index contributed by atoms with van der Waals surface area (Å²) in [5.74, 6) is -6.00. The van der Waals surface area contributed by atoms with Crippen LogP contribution in [0.1, 0.15) is 70.7 Å². The van der Waals surface area contributed by atoms with E-state index in [2.05, 4.69) is 15.9 Å². The van der Waals surface area contributed by atoms with Crippen LogP contribution < -0.4 is 9.47 Å². The van der Waals surface area contributed by atoms with Crippen molar-refractivity contribution in [3.05, 3.63) is 108 Å². The fourth-order valence-electron chi connectivity index (χ4n) is 5.43. The van der Waals surface area contributed by atoms with Crippen molar-refractivity contribution in [1.29, 1.82) is 0 Å². The molecule has 0 saturated carbocycles. The summed E-state index contributed by atoms with van der Waals surface area (Å²) in [6.07, 6.45) is 2.49. The lowest BCUT2D eigenvalue weighted by molar-refractivity contribution is -0.142. The van der Waals surface area contributed by atoms with Crippen molar-refractivity contribution in [2.45, 2.75) is 55.4 Å². The van der Waals surface area contributed by atoms with Crippen molar-refractivity contribution in [2.24, 2.45) is 5.92 Å². The van der Waals surface area contributed by atoms with Gasteiger partial charge in [-0.3, -0.25) is 9.59 Å². The van der Waals surface area contributed by atoms with Crippen molar-refractivity contribution < 1.29 is 58.2 Å². The molecule has 1 unspecified atom stereocenters. The van der Waals surface area contributed by atoms with Crippen molar-refractivity contribution >= 4 is 45.6 Å². The Morgan fingerprint density at radius 2 is 1.42 bits per heavy atom. The summed E-state index contributed by atoms with van der Waals surface area (Å²) in [7, 11) is 1.33. The number of aromatic hydroxyl groups is 1. The van der Waals surface area contributed by atoms with Crippen LogP contribution in [0, 0.1) is 33.6 Å². The molecule has 1 aliphatic carbocycles. The number of carboxylic acid groups (broad SMARTS) is 1. The highest BCUT2D eigenvalue weighted by Crippen LogP contribution is 2.36. The van der Waals surface area contributed by atoms with E-state index in [-0.39, 0.29) is 67.8 Å². The molecule has 0 bridgehead atoms. The van der Waals surface area contributed by atoms with Crippen LogP contribution in [-0.2, 0) is 23.9 Å². The fourth-order valence-corrected chi connectivity index (χ4v) is 5.87. The second kappa shape index (κ2) is 15.9. The molecule has 0 aromatic heterocycles. The summed E-state index contributed by atoms with van der Waals surface area (Å²) in [4.78, 5) is 64.6. The molecule has 0 aliphatic heterocycles. The van der Waals surface area contributed by atoms with E-state index in [9.17, 15) is 39.3 Å². The predicted molar refractivity (Wildman–Crippen MR) is 185 cm³/mol. The van der Waals surface area contributed by atoms with Gasteiger partial charge in [0.2, 0.25) is 0 Å². The van der Waals surface area contributed by atoms with E-state index < -0.39 is 41.3 Å². The second-order valence-electron chi connectivity index (χ2n) is 11.6. The number of phenolic OH excluding ortho intramolecular Hbond substituents is 1. The largest absolute Gasteiger partial charge is 0.512 e. The van der Waals surface area contributed by atoms with Gasteiger partial charge in [0, 0.05) is 16.6 Å². The normalized spacial score (nSPS) is 15.6. The van der Waals surface area contributed by atoms with Gasteiger partial charge in [-0.1, -0.05) is 15.9 Å². The Hall–Kier alpha value is -5.43. The average Bonchev–Trinajstić information content (AvgIpc) is 3.00. The number of ether oxygens (including phenoxy) is 4. The molecule has 0 radical (unpaired) electrons. The molecule has 2 aromatic carbocycles. The molecule has 3 rings (SSSR count). The highest BCUT2D eigenvalue weighted by Gasteiger charge is 2.33. The minimum Gasteiger partial charge on any atom is -0.512 e. The van der Waals surface area contributed by atoms with E-state index in [1.165, 1.54) is 70.1 Å². The van der Waals surface area contributed by atoms with Crippen LogP contribution in [0.5, 0.6) is 17.2 Å². The SMILES string of the molecule is COC1=CC(=O)C=C(C)C1C(=O)OC(=C\Br)/C(C)=C(C)\C(C(=O)Oc1cc(C)c(C(=O)Oc2cc(C)c(C(=O)O)c(C)c2)c(O)c1C)=C(/C)O. The number of carboxylic acids is 1. The van der Waals surface area contributed by atoms with E-state index in [4.69, 9.17) is 18.9 Å². The molecule has 1 aliphatic rings. The van der Waals surface area contributed by atoms with Crippen molar-refractivity contribution in [3.8, 4) is 17.2 Å². The van der Waals surface area contributed by atoms with E-state index in [1.807, 2.05) is 0 Å². The van der Waals surface area contributed by atoms with Crippen LogP contribution in [0.3, 0.4) is 0 Å². The van der Waals surface area contributed by atoms with Gasteiger partial charge in [-0.2, -0.15) is 0 Å². The van der Waals surface area contributed by atoms with Crippen LogP contribution in [0.4, 0.5) is 0 Å². The summed E-state index contributed by atoms with van der Waals surface area (Å²) < 4.78 is 21.9. The quantitative estimate of drug-likeness (QED) is 0.0739. The fraction of sp³-hybridized carbons (Fsp3) is 0.270. The highest BCUT2D eigenvalue weighted by atomic mass is 79.9. The number of aliphatic hydroxyl groups excluding tert-OH is 1. The molecule has 0 saturated heterocycles. The number of esters is 3. The Morgan fingerprint density at radius 3 is 1.94 bits per heavy atom. The zero-order valence-electron chi connectivity index (χ0n) is 28.9. The number of hydrogen-bond acceptors (Lipinski definition) is 11. The van der Waals surface area contributed by atoms with Crippen LogP contribution in [0.25, 0.3) is 0 Å². The van der Waals surface area contributed by atoms with Crippen LogP contribution >= 0.6 is 15.9 Å². The molecular weight excluding hydrogens is 716 g/mol. The Kier molecular flexibility index (Phi) is 12.4. The zero-order valence-corrected chi connectivity index (χ0v) is 30.5. The van der Waals surface area contributed by atoms with E-state index >= 15 is 0 Å². The topological polar surface area (TPSA) is 183 Å². The van der Waals surface area contributed by atoms with E-state index in [0.717, 1.165) is 0 Å². The minimum atomic E-state index is -1.12. The smallest absolute Gasteiger partial charge is 0.347 e. The number of rotatable bonds is 10. The van der Waals surface area contributed by atoms with E-state index in [0.29, 0.717) is 16.7 Å². The Bertz CT molecular complexity index is 1950. The number of halogens is 1. The molecule has 0 fully saturated rings. The Balaban J connectivity index is 1.90. The van der Waals surface area contributed by atoms with Gasteiger partial charge in [0.15, 0.2) is 5.78 Å². The van der Waals surface area contributed by atoms with Crippen molar-refractivity contribution in [3.63, 3.8) is 0 Å². The van der Waals surface area contributed by atoms with Crippen molar-refractivity contribution in [1.82, 2.24) is 0 Å². The number of aryl methyl sites for hydroxylation is 3. The molecule has 2 aromatic rings. The number of ketones is 1. The maximum Gasteiger partial charge on any atom is 0.347 e. The molecule has 0 amide bonds. The molecule has 3 N–H and O–H groups in total. The third kappa shape index (κ3) is 8.23. The highest BCUT2D eigenvalue weighted by molar-refractivity contribution is 9.11. The number of hydrogen-bond donors (Lipinski definition) is 3. The van der Waals surface area contributed by atoms with Gasteiger partial charge >= 0.3 is 23.9 Å². The van der Waals surface area contributed by atoms with Gasteiger partial charge in [0.05, 0.1) is 12.7 Å². The number of methoxy groups -OCH3 is 1. The summed E-state index contributed by atoms with van der Waals surface area (Å²) in [5.41, 5.74) is 1.45. The number of aromatic carboxylic acids is 1. The Morgan fingerprint density at radius 1 is 0.840 bits per heavy atom. The lowest BCUT2D eigenvalue weighted by Gasteiger charge is -2.22. The van der Waals surface area contributed by atoms with Gasteiger partial charge in [-0.05, 0) is 113 Å². The van der Waals surface area contributed by atoms with Crippen LogP contribution in [0.2, 0.25) is 0 Å². The lowest BCUT2D eigenvalue weighted by atomic mass is 9.92. The van der Waals surface area contributed by atoms with Crippen LogP contribution in [-0.4, -0.2) is 52.1 Å². The zero-order chi connectivity index (χ0) is 37.8. The third-order valence-corrected chi connectivity index (χ3v) is 8.51. The average molecular weight is 754 g/mol. The number of aliphatic hydroxyl groups is 1. The summed E-state index contributed by atoms with van der Waals surface area (Å²) in [5, 5.41) is 31.0. The van der Waals surface area contributed by atoms with Gasteiger partial charge in [-0.15, -0.1) is 0 Å². The third-order valence-electron chi connectivity index (χ3n) is 8.09. The number of allylic oxidation sites excluding steroid dienone is 4. The van der Waals surface area contributed by atoms with Crippen molar-refractivity contribution in [2.75, 3.05) is 7.11 Å². The number of carbonyl (C=O) groups is 5. The first kappa shape index (κ1) is 39.0.